The molecule has 2 atom stereocenters. The number of aliphatic hydroxyl groups excluding tert-OH is 1. The molecule has 130 valence electrons. The number of nitrogens with zero attached hydrogens (tertiary/aromatic N) is 4. The molecule has 1 aliphatic heterocycles. The van der Waals surface area contributed by atoms with Crippen molar-refractivity contribution in [3.8, 4) is 0 Å². The van der Waals surface area contributed by atoms with Crippen LogP contribution in [0.2, 0.25) is 0 Å². The van der Waals surface area contributed by atoms with Gasteiger partial charge in [0.25, 0.3) is 0 Å². The summed E-state index contributed by atoms with van der Waals surface area (Å²) in [5.74, 6) is 2.75. The maximum absolute atomic E-state index is 10.2. The lowest BCUT2D eigenvalue weighted by Gasteiger charge is -2.37. The molecule has 1 saturated heterocycles. The molecule has 1 saturated carbocycles. The van der Waals surface area contributed by atoms with Gasteiger partial charge in [-0.05, 0) is 31.9 Å². The minimum absolute atomic E-state index is 0.141. The van der Waals surface area contributed by atoms with Crippen LogP contribution in [0.15, 0.2) is 27.3 Å². The fourth-order valence-electron chi connectivity index (χ4n) is 3.23. The fraction of sp³-hybridized carbons (Fsp3) is 0.647. The standard InChI is InChI=1S/C17H24N4O3/c1-12(17-18-16(19-24-17)13-4-5-13)21-8-6-20(7-9-21)11-14(22)15-3-2-10-23-15/h2-3,10,12-14,22H,4-9,11H2,1H3. The molecule has 0 aromatic carbocycles. The van der Waals surface area contributed by atoms with Gasteiger partial charge >= 0.3 is 0 Å². The van der Waals surface area contributed by atoms with E-state index in [4.69, 9.17) is 8.94 Å². The van der Waals surface area contributed by atoms with Crippen LogP contribution in [0, 0.1) is 0 Å². The summed E-state index contributed by atoms with van der Waals surface area (Å²) >= 11 is 0. The summed E-state index contributed by atoms with van der Waals surface area (Å²) in [7, 11) is 0. The Kier molecular flexibility index (Phi) is 4.39. The van der Waals surface area contributed by atoms with E-state index in [9.17, 15) is 5.11 Å². The zero-order valence-electron chi connectivity index (χ0n) is 14.0. The maximum Gasteiger partial charge on any atom is 0.243 e. The first kappa shape index (κ1) is 15.8. The highest BCUT2D eigenvalue weighted by atomic mass is 16.5. The van der Waals surface area contributed by atoms with Gasteiger partial charge in [-0.25, -0.2) is 0 Å². The molecule has 0 bridgehead atoms. The molecule has 7 nitrogen and oxygen atoms in total. The smallest absolute Gasteiger partial charge is 0.243 e. The third-order valence-corrected chi connectivity index (χ3v) is 5.01. The Bertz CT molecular complexity index is 645. The van der Waals surface area contributed by atoms with Gasteiger partial charge < -0.3 is 14.0 Å². The normalized spacial score (nSPS) is 22.6. The van der Waals surface area contributed by atoms with Gasteiger partial charge in [-0.15, -0.1) is 0 Å². The van der Waals surface area contributed by atoms with Crippen LogP contribution in [-0.4, -0.2) is 57.8 Å². The van der Waals surface area contributed by atoms with Crippen LogP contribution in [0.1, 0.15) is 55.3 Å². The molecule has 1 aliphatic carbocycles. The van der Waals surface area contributed by atoms with Gasteiger partial charge in [-0.3, -0.25) is 9.80 Å². The second-order valence-corrected chi connectivity index (χ2v) is 6.81. The molecule has 2 unspecified atom stereocenters. The number of β-amino-alcohol motifs (C(OH)–C–C–N with tert-alkyl or cyclic N) is 1. The first-order chi connectivity index (χ1) is 11.7. The Labute approximate surface area is 141 Å². The first-order valence-electron chi connectivity index (χ1n) is 8.72. The second kappa shape index (κ2) is 6.66. The topological polar surface area (TPSA) is 78.8 Å². The molecular weight excluding hydrogens is 308 g/mol. The summed E-state index contributed by atoms with van der Waals surface area (Å²) < 4.78 is 10.7. The Hall–Kier alpha value is -1.70. The summed E-state index contributed by atoms with van der Waals surface area (Å²) in [5, 5.41) is 14.3. The Morgan fingerprint density at radius 2 is 2.08 bits per heavy atom. The van der Waals surface area contributed by atoms with E-state index in [-0.39, 0.29) is 6.04 Å². The van der Waals surface area contributed by atoms with E-state index in [1.54, 1.807) is 12.3 Å². The van der Waals surface area contributed by atoms with Crippen molar-refractivity contribution in [1.82, 2.24) is 19.9 Å². The summed E-state index contributed by atoms with van der Waals surface area (Å²) in [6.45, 7) is 6.39. The van der Waals surface area contributed by atoms with Crippen molar-refractivity contribution in [1.29, 1.82) is 0 Å². The number of piperazine rings is 1. The number of aliphatic hydroxyl groups is 1. The number of aromatic nitrogens is 2. The Morgan fingerprint density at radius 1 is 1.29 bits per heavy atom. The first-order valence-corrected chi connectivity index (χ1v) is 8.72. The average molecular weight is 332 g/mol. The number of hydrogen-bond donors (Lipinski definition) is 1. The summed E-state index contributed by atoms with van der Waals surface area (Å²) in [5.41, 5.74) is 0. The van der Waals surface area contributed by atoms with Gasteiger partial charge in [0.2, 0.25) is 5.89 Å². The zero-order valence-corrected chi connectivity index (χ0v) is 14.0. The van der Waals surface area contributed by atoms with E-state index in [1.807, 2.05) is 6.07 Å². The van der Waals surface area contributed by atoms with Crippen molar-refractivity contribution in [2.24, 2.45) is 0 Å². The predicted octanol–water partition coefficient (Wildman–Crippen LogP) is 1.95. The van der Waals surface area contributed by atoms with E-state index >= 15 is 0 Å². The number of rotatable bonds is 6. The largest absolute Gasteiger partial charge is 0.467 e. The van der Waals surface area contributed by atoms with Crippen molar-refractivity contribution in [2.45, 2.75) is 37.8 Å². The van der Waals surface area contributed by atoms with Gasteiger partial charge in [0.05, 0.1) is 12.3 Å². The number of furan rings is 1. The number of hydrogen-bond acceptors (Lipinski definition) is 7. The maximum atomic E-state index is 10.2. The Balaban J connectivity index is 1.28. The van der Waals surface area contributed by atoms with Gasteiger partial charge in [-0.1, -0.05) is 5.16 Å². The molecule has 4 rings (SSSR count). The molecule has 2 aliphatic rings. The van der Waals surface area contributed by atoms with Crippen LogP contribution in [0.3, 0.4) is 0 Å². The van der Waals surface area contributed by atoms with Crippen LogP contribution >= 0.6 is 0 Å². The molecule has 0 spiro atoms. The molecule has 2 fully saturated rings. The monoisotopic (exact) mass is 332 g/mol. The SMILES string of the molecule is CC(c1nc(C2CC2)no1)N1CCN(CC(O)c2ccco2)CC1. The lowest BCUT2D eigenvalue weighted by molar-refractivity contribution is 0.0452. The third-order valence-electron chi connectivity index (χ3n) is 5.01. The molecule has 1 N–H and O–H groups in total. The van der Waals surface area contributed by atoms with Crippen LogP contribution in [0.25, 0.3) is 0 Å². The van der Waals surface area contributed by atoms with Crippen molar-refractivity contribution in [3.63, 3.8) is 0 Å². The van der Waals surface area contributed by atoms with Crippen molar-refractivity contribution < 1.29 is 14.0 Å². The highest BCUT2D eigenvalue weighted by Gasteiger charge is 2.31. The molecule has 7 heteroatoms. The molecule has 0 amide bonds. The summed E-state index contributed by atoms with van der Waals surface area (Å²) in [6.07, 6.45) is 3.40. The van der Waals surface area contributed by atoms with Gasteiger partial charge in [0, 0.05) is 38.6 Å². The highest BCUT2D eigenvalue weighted by Crippen LogP contribution is 2.38. The van der Waals surface area contributed by atoms with E-state index in [1.165, 1.54) is 12.8 Å². The summed E-state index contributed by atoms with van der Waals surface area (Å²) in [4.78, 5) is 9.19. The van der Waals surface area contributed by atoms with Crippen LogP contribution in [0.5, 0.6) is 0 Å². The lowest BCUT2D eigenvalue weighted by atomic mass is 10.2. The molecule has 2 aromatic rings. The second-order valence-electron chi connectivity index (χ2n) is 6.81. The van der Waals surface area contributed by atoms with Crippen LogP contribution < -0.4 is 0 Å². The van der Waals surface area contributed by atoms with Crippen molar-refractivity contribution in [2.75, 3.05) is 32.7 Å². The van der Waals surface area contributed by atoms with Crippen LogP contribution in [-0.2, 0) is 0 Å². The lowest BCUT2D eigenvalue weighted by Crippen LogP contribution is -2.48. The fourth-order valence-corrected chi connectivity index (χ4v) is 3.23. The highest BCUT2D eigenvalue weighted by molar-refractivity contribution is 5.05. The van der Waals surface area contributed by atoms with E-state index in [0.717, 1.165) is 37.9 Å². The van der Waals surface area contributed by atoms with Gasteiger partial charge in [0.15, 0.2) is 5.82 Å². The van der Waals surface area contributed by atoms with Crippen molar-refractivity contribution >= 4 is 0 Å². The Morgan fingerprint density at radius 3 is 2.75 bits per heavy atom. The third kappa shape index (κ3) is 3.38. The van der Waals surface area contributed by atoms with Gasteiger partial charge in [-0.2, -0.15) is 4.98 Å². The quantitative estimate of drug-likeness (QED) is 0.866. The van der Waals surface area contributed by atoms with E-state index < -0.39 is 6.10 Å². The van der Waals surface area contributed by atoms with Crippen LogP contribution in [0.4, 0.5) is 0 Å². The van der Waals surface area contributed by atoms with E-state index in [2.05, 4.69) is 26.9 Å². The molecule has 0 radical (unpaired) electrons. The predicted molar refractivity (Wildman–Crippen MR) is 86.4 cm³/mol. The van der Waals surface area contributed by atoms with Crippen molar-refractivity contribution in [3.05, 3.63) is 35.9 Å². The average Bonchev–Trinajstić information content (AvgIpc) is 3.12. The van der Waals surface area contributed by atoms with Gasteiger partial charge in [0.1, 0.15) is 11.9 Å². The molecule has 3 heterocycles. The molecule has 2 aromatic heterocycles. The van der Waals surface area contributed by atoms with E-state index in [0.29, 0.717) is 18.2 Å². The zero-order chi connectivity index (χ0) is 16.5. The molecular formula is C17H24N4O3. The minimum Gasteiger partial charge on any atom is -0.467 e. The minimum atomic E-state index is -0.569. The molecule has 24 heavy (non-hydrogen) atoms. The summed E-state index contributed by atoms with van der Waals surface area (Å²) in [6, 6.07) is 3.76.